The molecule has 0 amide bonds. The minimum absolute atomic E-state index is 0.187. The molecular formula is C24H36O5. The van der Waals surface area contributed by atoms with E-state index in [-0.39, 0.29) is 12.0 Å². The van der Waals surface area contributed by atoms with Crippen LogP contribution in [0.1, 0.15) is 67.7 Å². The molecule has 29 heavy (non-hydrogen) atoms. The molecule has 2 atom stereocenters. The van der Waals surface area contributed by atoms with E-state index in [1.807, 2.05) is 13.0 Å². The molecule has 5 heteroatoms. The maximum atomic E-state index is 11.3. The van der Waals surface area contributed by atoms with E-state index < -0.39 is 23.6 Å². The van der Waals surface area contributed by atoms with Crippen LogP contribution in [0.25, 0.3) is 0 Å². The first-order valence-electron chi connectivity index (χ1n) is 10.1. The van der Waals surface area contributed by atoms with Crippen LogP contribution < -0.4 is 0 Å². The Balaban J connectivity index is 2.89. The molecule has 0 radical (unpaired) electrons. The molecule has 0 spiro atoms. The van der Waals surface area contributed by atoms with Crippen molar-refractivity contribution in [3.8, 4) is 0 Å². The summed E-state index contributed by atoms with van der Waals surface area (Å²) in [6, 6.07) is 0. The first kappa shape index (κ1) is 24.9. The largest absolute Gasteiger partial charge is 0.462 e. The van der Waals surface area contributed by atoms with Crippen molar-refractivity contribution in [3.63, 3.8) is 0 Å². The molecule has 0 heterocycles. The summed E-state index contributed by atoms with van der Waals surface area (Å²) in [5, 5.41) is 10.7. The maximum absolute atomic E-state index is 11.3. The second-order valence-electron chi connectivity index (χ2n) is 8.66. The molecule has 1 aliphatic carbocycles. The van der Waals surface area contributed by atoms with Gasteiger partial charge in [0.1, 0.15) is 12.2 Å². The highest BCUT2D eigenvalue weighted by Gasteiger charge is 2.33. The van der Waals surface area contributed by atoms with Crippen molar-refractivity contribution in [2.24, 2.45) is 5.41 Å². The monoisotopic (exact) mass is 404 g/mol. The van der Waals surface area contributed by atoms with E-state index in [1.54, 1.807) is 6.08 Å². The molecule has 1 rings (SSSR count). The molecule has 0 bridgehead atoms. The predicted octanol–water partition coefficient (Wildman–Crippen LogP) is 4.82. The molecule has 0 unspecified atom stereocenters. The second kappa shape index (κ2) is 10.6. The van der Waals surface area contributed by atoms with E-state index in [1.165, 1.54) is 50.8 Å². The van der Waals surface area contributed by atoms with E-state index >= 15 is 0 Å². The third-order valence-electron chi connectivity index (χ3n) is 5.25. The fourth-order valence-electron chi connectivity index (χ4n) is 3.50. The van der Waals surface area contributed by atoms with Crippen molar-refractivity contribution in [2.75, 3.05) is 6.61 Å². The number of hydrogen-bond donors (Lipinski definition) is 1. The number of ether oxygens (including phenoxy) is 2. The van der Waals surface area contributed by atoms with Gasteiger partial charge in [-0.3, -0.25) is 9.59 Å². The van der Waals surface area contributed by atoms with E-state index in [9.17, 15) is 14.7 Å². The van der Waals surface area contributed by atoms with Crippen molar-refractivity contribution in [1.82, 2.24) is 0 Å². The van der Waals surface area contributed by atoms with Crippen LogP contribution in [0.15, 0.2) is 47.1 Å². The summed E-state index contributed by atoms with van der Waals surface area (Å²) >= 11 is 0. The molecular weight excluding hydrogens is 368 g/mol. The third kappa shape index (κ3) is 8.40. The predicted molar refractivity (Wildman–Crippen MR) is 115 cm³/mol. The van der Waals surface area contributed by atoms with Crippen LogP contribution in [0.5, 0.6) is 0 Å². The third-order valence-corrected chi connectivity index (χ3v) is 5.25. The lowest BCUT2D eigenvalue weighted by molar-refractivity contribution is -0.168. The smallest absolute Gasteiger partial charge is 0.303 e. The van der Waals surface area contributed by atoms with Gasteiger partial charge in [0.05, 0.1) is 0 Å². The van der Waals surface area contributed by atoms with Gasteiger partial charge in [0.2, 0.25) is 0 Å². The highest BCUT2D eigenvalue weighted by Crippen LogP contribution is 2.40. The lowest BCUT2D eigenvalue weighted by Crippen LogP contribution is -2.44. The Labute approximate surface area is 175 Å². The molecule has 0 aromatic carbocycles. The highest BCUT2D eigenvalue weighted by molar-refractivity contribution is 5.67. The standard InChI is InChI=1S/C24H36O5/c1-17(12-13-21-18(2)11-9-14-23(21,5)6)10-8-15-24(7,27)22(29-20(4)26)16-28-19(3)25/h8,10,12-13,15,22,27H,9,11,14,16H2,1-7H3/b13-12+,15-8+,17-10+/t22-,24-/m0/s1. The SMILES string of the molecule is CC(=O)OC[C@H](OC(C)=O)[C@@](C)(O)/C=C/C=C(C)/C=C/C1=C(C)CCCC1(C)C. The van der Waals surface area contributed by atoms with Crippen LogP contribution in [-0.4, -0.2) is 35.4 Å². The van der Waals surface area contributed by atoms with Gasteiger partial charge < -0.3 is 14.6 Å². The van der Waals surface area contributed by atoms with Crippen LogP contribution in [0.3, 0.4) is 0 Å². The van der Waals surface area contributed by atoms with Gasteiger partial charge in [-0.25, -0.2) is 0 Å². The van der Waals surface area contributed by atoms with Crippen LogP contribution in [0.2, 0.25) is 0 Å². The average Bonchev–Trinajstić information content (AvgIpc) is 2.56. The van der Waals surface area contributed by atoms with Crippen LogP contribution >= 0.6 is 0 Å². The molecule has 0 aromatic rings. The summed E-state index contributed by atoms with van der Waals surface area (Å²) in [4.78, 5) is 22.4. The zero-order chi connectivity index (χ0) is 22.2. The van der Waals surface area contributed by atoms with E-state index in [0.717, 1.165) is 12.0 Å². The van der Waals surface area contributed by atoms with Gasteiger partial charge in [-0.15, -0.1) is 0 Å². The average molecular weight is 405 g/mol. The highest BCUT2D eigenvalue weighted by atomic mass is 16.6. The number of carbonyl (C=O) groups is 2. The van der Waals surface area contributed by atoms with Crippen molar-refractivity contribution in [1.29, 1.82) is 0 Å². The molecule has 1 N–H and O–H groups in total. The van der Waals surface area contributed by atoms with Crippen LogP contribution in [0, 0.1) is 5.41 Å². The fourth-order valence-corrected chi connectivity index (χ4v) is 3.50. The molecule has 0 fully saturated rings. The minimum atomic E-state index is -1.48. The summed E-state index contributed by atoms with van der Waals surface area (Å²) < 4.78 is 10.0. The lowest BCUT2D eigenvalue weighted by Gasteiger charge is -2.32. The van der Waals surface area contributed by atoms with Crippen molar-refractivity contribution >= 4 is 11.9 Å². The van der Waals surface area contributed by atoms with Gasteiger partial charge in [-0.1, -0.05) is 49.3 Å². The van der Waals surface area contributed by atoms with E-state index in [2.05, 4.69) is 32.9 Å². The van der Waals surface area contributed by atoms with Crippen LogP contribution in [0.4, 0.5) is 0 Å². The summed E-state index contributed by atoms with van der Waals surface area (Å²) in [5.41, 5.74) is 2.57. The van der Waals surface area contributed by atoms with Gasteiger partial charge in [-0.2, -0.15) is 0 Å². The number of hydrogen-bond acceptors (Lipinski definition) is 5. The first-order chi connectivity index (χ1) is 13.3. The molecule has 1 aliphatic rings. The first-order valence-corrected chi connectivity index (χ1v) is 10.1. The van der Waals surface area contributed by atoms with Gasteiger partial charge >= 0.3 is 11.9 Å². The van der Waals surface area contributed by atoms with Crippen LogP contribution in [-0.2, 0) is 19.1 Å². The quantitative estimate of drug-likeness (QED) is 0.464. The Morgan fingerprint density at radius 1 is 1.24 bits per heavy atom. The normalized spacial score (nSPS) is 20.6. The number of allylic oxidation sites excluding steroid dienone is 7. The number of carbonyl (C=O) groups excluding carboxylic acids is 2. The second-order valence-corrected chi connectivity index (χ2v) is 8.66. The molecule has 5 nitrogen and oxygen atoms in total. The number of rotatable bonds is 8. The lowest BCUT2D eigenvalue weighted by atomic mass is 9.72. The van der Waals surface area contributed by atoms with Crippen molar-refractivity contribution in [3.05, 3.63) is 47.1 Å². The van der Waals surface area contributed by atoms with Crippen molar-refractivity contribution in [2.45, 2.75) is 79.4 Å². The minimum Gasteiger partial charge on any atom is -0.462 e. The topological polar surface area (TPSA) is 72.8 Å². The van der Waals surface area contributed by atoms with E-state index in [0.29, 0.717) is 0 Å². The summed E-state index contributed by atoms with van der Waals surface area (Å²) in [6.45, 7) is 12.6. The molecule has 0 aliphatic heterocycles. The fraction of sp³-hybridized carbons (Fsp3) is 0.583. The van der Waals surface area contributed by atoms with Gasteiger partial charge in [0, 0.05) is 13.8 Å². The molecule has 162 valence electrons. The van der Waals surface area contributed by atoms with Crippen molar-refractivity contribution < 1.29 is 24.2 Å². The Morgan fingerprint density at radius 3 is 2.45 bits per heavy atom. The summed E-state index contributed by atoms with van der Waals surface area (Å²) in [7, 11) is 0. The Bertz CT molecular complexity index is 720. The number of aliphatic hydroxyl groups is 1. The Hall–Kier alpha value is -2.14. The summed E-state index contributed by atoms with van der Waals surface area (Å²) in [6.07, 6.45) is 12.0. The zero-order valence-corrected chi connectivity index (χ0v) is 18.9. The van der Waals surface area contributed by atoms with Gasteiger partial charge in [0.15, 0.2) is 6.10 Å². The van der Waals surface area contributed by atoms with E-state index in [4.69, 9.17) is 9.47 Å². The molecule has 0 saturated heterocycles. The molecule has 0 aromatic heterocycles. The van der Waals surface area contributed by atoms with Gasteiger partial charge in [-0.05, 0) is 57.1 Å². The maximum Gasteiger partial charge on any atom is 0.303 e. The number of esters is 2. The molecule has 0 saturated carbocycles. The summed E-state index contributed by atoms with van der Waals surface area (Å²) in [5.74, 6) is -1.05. The zero-order valence-electron chi connectivity index (χ0n) is 18.9. The Kier molecular flexibility index (Phi) is 9.09. The Morgan fingerprint density at radius 2 is 1.90 bits per heavy atom. The van der Waals surface area contributed by atoms with Gasteiger partial charge in [0.25, 0.3) is 0 Å².